The molecule has 202 valence electrons. The minimum absolute atomic E-state index is 0.00369. The summed E-state index contributed by atoms with van der Waals surface area (Å²) in [5, 5.41) is 9.24. The number of hydrogen-bond donors (Lipinski definition) is 1. The summed E-state index contributed by atoms with van der Waals surface area (Å²) in [6.45, 7) is 3.38. The number of anilines is 1. The summed E-state index contributed by atoms with van der Waals surface area (Å²) in [5.41, 5.74) is 3.54. The van der Waals surface area contributed by atoms with E-state index >= 15 is 0 Å². The van der Waals surface area contributed by atoms with Crippen LogP contribution in [0.4, 0.5) is 5.69 Å². The van der Waals surface area contributed by atoms with Gasteiger partial charge in [-0.1, -0.05) is 12.1 Å². The molecule has 38 heavy (non-hydrogen) atoms. The highest BCUT2D eigenvalue weighted by Crippen LogP contribution is 2.33. The highest BCUT2D eigenvalue weighted by Gasteiger charge is 2.24. The van der Waals surface area contributed by atoms with Crippen LogP contribution >= 0.6 is 0 Å². The van der Waals surface area contributed by atoms with E-state index in [0.29, 0.717) is 31.6 Å². The number of rotatable bonds is 10. The Bertz CT molecular complexity index is 1150. The van der Waals surface area contributed by atoms with E-state index in [1.54, 1.807) is 12.1 Å². The van der Waals surface area contributed by atoms with Crippen molar-refractivity contribution >= 4 is 23.2 Å². The molecule has 2 fully saturated rings. The summed E-state index contributed by atoms with van der Waals surface area (Å²) in [6, 6.07) is 13.5. The number of benzene rings is 2. The molecular weight excluding hydrogens is 480 g/mol. The summed E-state index contributed by atoms with van der Waals surface area (Å²) >= 11 is 0. The lowest BCUT2D eigenvalue weighted by molar-refractivity contribution is -0.132. The van der Waals surface area contributed by atoms with E-state index in [-0.39, 0.29) is 17.9 Å². The SMILES string of the molecule is COc1ccc(C2=NN(Cc3ccc(NC(=O)CCN4CCCC4)cc3)C(=O)CC2)cc1OC1CCCC1. The molecule has 8 heteroatoms. The molecule has 1 saturated carbocycles. The molecule has 0 unspecified atom stereocenters. The normalized spacial score (nSPS) is 18.5. The van der Waals surface area contributed by atoms with Crippen LogP contribution in [0.3, 0.4) is 0 Å². The Labute approximate surface area is 225 Å². The molecule has 8 nitrogen and oxygen atoms in total. The average Bonchev–Trinajstić information content (AvgIpc) is 3.65. The number of nitrogens with zero attached hydrogens (tertiary/aromatic N) is 3. The number of nitrogens with one attached hydrogen (secondary N) is 1. The van der Waals surface area contributed by atoms with Crippen LogP contribution in [0.1, 0.15) is 68.9 Å². The predicted octanol–water partition coefficient (Wildman–Crippen LogP) is 4.97. The van der Waals surface area contributed by atoms with Crippen molar-refractivity contribution in [2.24, 2.45) is 5.10 Å². The van der Waals surface area contributed by atoms with Crippen molar-refractivity contribution in [1.29, 1.82) is 0 Å². The van der Waals surface area contributed by atoms with Crippen LogP contribution in [0, 0.1) is 0 Å². The zero-order chi connectivity index (χ0) is 26.3. The van der Waals surface area contributed by atoms with Crippen LogP contribution < -0.4 is 14.8 Å². The molecule has 1 saturated heterocycles. The van der Waals surface area contributed by atoms with E-state index in [0.717, 1.165) is 60.8 Å². The molecule has 1 N–H and O–H groups in total. The molecule has 2 heterocycles. The van der Waals surface area contributed by atoms with Gasteiger partial charge in [-0.25, -0.2) is 5.01 Å². The van der Waals surface area contributed by atoms with Gasteiger partial charge in [-0.15, -0.1) is 0 Å². The minimum atomic E-state index is 0.00369. The highest BCUT2D eigenvalue weighted by molar-refractivity contribution is 6.04. The quantitative estimate of drug-likeness (QED) is 0.480. The smallest absolute Gasteiger partial charge is 0.243 e. The lowest BCUT2D eigenvalue weighted by Gasteiger charge is -2.24. The molecule has 0 aromatic heterocycles. The fourth-order valence-corrected chi connectivity index (χ4v) is 5.42. The van der Waals surface area contributed by atoms with E-state index in [4.69, 9.17) is 14.6 Å². The van der Waals surface area contributed by atoms with Crippen LogP contribution in [-0.4, -0.2) is 60.3 Å². The highest BCUT2D eigenvalue weighted by atomic mass is 16.5. The van der Waals surface area contributed by atoms with Gasteiger partial charge in [0, 0.05) is 37.1 Å². The summed E-state index contributed by atoms with van der Waals surface area (Å²) in [7, 11) is 1.65. The largest absolute Gasteiger partial charge is 0.493 e. The molecular formula is C30H38N4O4. The number of carbonyl (C=O) groups is 2. The Balaban J connectivity index is 1.21. The maximum absolute atomic E-state index is 12.7. The van der Waals surface area contributed by atoms with Gasteiger partial charge in [0.25, 0.3) is 0 Å². The van der Waals surface area contributed by atoms with Gasteiger partial charge in [0.1, 0.15) is 0 Å². The van der Waals surface area contributed by atoms with Crippen molar-refractivity contribution < 1.29 is 19.1 Å². The van der Waals surface area contributed by atoms with Crippen molar-refractivity contribution in [3.05, 3.63) is 53.6 Å². The second-order valence-corrected chi connectivity index (χ2v) is 10.4. The van der Waals surface area contributed by atoms with E-state index < -0.39 is 0 Å². The van der Waals surface area contributed by atoms with Crippen molar-refractivity contribution in [2.75, 3.05) is 32.1 Å². The number of methoxy groups -OCH3 is 1. The number of amides is 2. The Kier molecular flexibility index (Phi) is 8.58. The third kappa shape index (κ3) is 6.72. The van der Waals surface area contributed by atoms with Crippen LogP contribution in [0.2, 0.25) is 0 Å². The van der Waals surface area contributed by atoms with Gasteiger partial charge >= 0.3 is 0 Å². The fourth-order valence-electron chi connectivity index (χ4n) is 5.42. The maximum atomic E-state index is 12.7. The lowest BCUT2D eigenvalue weighted by Crippen LogP contribution is -2.31. The molecule has 1 aliphatic carbocycles. The second kappa shape index (κ2) is 12.4. The van der Waals surface area contributed by atoms with Crippen LogP contribution in [0.25, 0.3) is 0 Å². The van der Waals surface area contributed by atoms with Crippen molar-refractivity contribution in [1.82, 2.24) is 9.91 Å². The summed E-state index contributed by atoms with van der Waals surface area (Å²) in [4.78, 5) is 27.3. The molecule has 0 radical (unpaired) electrons. The molecule has 0 bridgehead atoms. The average molecular weight is 519 g/mol. The molecule has 5 rings (SSSR count). The van der Waals surface area contributed by atoms with Gasteiger partial charge in [-0.2, -0.15) is 5.10 Å². The molecule has 0 atom stereocenters. The van der Waals surface area contributed by atoms with Crippen LogP contribution in [0.5, 0.6) is 11.5 Å². The summed E-state index contributed by atoms with van der Waals surface area (Å²) < 4.78 is 11.8. The van der Waals surface area contributed by atoms with Gasteiger partial charge in [-0.3, -0.25) is 9.59 Å². The number of hydrogen-bond acceptors (Lipinski definition) is 6. The van der Waals surface area contributed by atoms with Crippen LogP contribution in [-0.2, 0) is 16.1 Å². The molecule has 2 amide bonds. The second-order valence-electron chi connectivity index (χ2n) is 10.4. The Hall–Kier alpha value is -3.39. The first kappa shape index (κ1) is 26.2. The topological polar surface area (TPSA) is 83.5 Å². The van der Waals surface area contributed by atoms with Crippen molar-refractivity contribution in [3.8, 4) is 11.5 Å². The molecule has 2 aliphatic heterocycles. The van der Waals surface area contributed by atoms with E-state index in [1.165, 1.54) is 25.7 Å². The zero-order valence-electron chi connectivity index (χ0n) is 22.3. The monoisotopic (exact) mass is 518 g/mol. The van der Waals surface area contributed by atoms with Gasteiger partial charge in [0.05, 0.1) is 25.5 Å². The number of hydrazone groups is 1. The molecule has 2 aromatic rings. The number of ether oxygens (including phenoxy) is 2. The van der Waals surface area contributed by atoms with Crippen LogP contribution in [0.15, 0.2) is 47.6 Å². The molecule has 0 spiro atoms. The first-order valence-electron chi connectivity index (χ1n) is 13.9. The van der Waals surface area contributed by atoms with E-state index in [2.05, 4.69) is 10.2 Å². The third-order valence-electron chi connectivity index (χ3n) is 7.62. The zero-order valence-corrected chi connectivity index (χ0v) is 22.3. The molecule has 3 aliphatic rings. The van der Waals surface area contributed by atoms with Gasteiger partial charge in [0.2, 0.25) is 11.8 Å². The maximum Gasteiger partial charge on any atom is 0.243 e. The number of likely N-dealkylation sites (tertiary alicyclic amines) is 1. The Morgan fingerprint density at radius 3 is 2.50 bits per heavy atom. The Morgan fingerprint density at radius 2 is 1.76 bits per heavy atom. The Morgan fingerprint density at radius 1 is 1.00 bits per heavy atom. The summed E-state index contributed by atoms with van der Waals surface area (Å²) in [6.07, 6.45) is 8.71. The minimum Gasteiger partial charge on any atom is -0.493 e. The molecule has 2 aromatic carbocycles. The predicted molar refractivity (Wildman–Crippen MR) is 148 cm³/mol. The van der Waals surface area contributed by atoms with Gasteiger partial charge in [-0.05, 0) is 87.5 Å². The first-order valence-corrected chi connectivity index (χ1v) is 13.9. The van der Waals surface area contributed by atoms with E-state index in [1.807, 2.05) is 42.5 Å². The summed E-state index contributed by atoms with van der Waals surface area (Å²) in [5.74, 6) is 1.49. The standard InChI is InChI=1S/C30H38N4O4/c1-37-27-14-10-23(20-28(27)38-25-6-2-3-7-25)26-13-15-30(36)34(32-26)21-22-8-11-24(12-9-22)31-29(35)16-19-33-17-4-5-18-33/h8-12,14,20,25H,2-7,13,15-19,21H2,1H3,(H,31,35). The van der Waals surface area contributed by atoms with Crippen molar-refractivity contribution in [3.63, 3.8) is 0 Å². The van der Waals surface area contributed by atoms with Crippen molar-refractivity contribution in [2.45, 2.75) is 70.4 Å². The third-order valence-corrected chi connectivity index (χ3v) is 7.62. The van der Waals surface area contributed by atoms with Gasteiger partial charge in [0.15, 0.2) is 11.5 Å². The fraction of sp³-hybridized carbons (Fsp3) is 0.500. The number of carbonyl (C=O) groups excluding carboxylic acids is 2. The first-order chi connectivity index (χ1) is 18.6. The van der Waals surface area contributed by atoms with Gasteiger partial charge < -0.3 is 19.7 Å². The lowest BCUT2D eigenvalue weighted by atomic mass is 10.0. The van der Waals surface area contributed by atoms with E-state index in [9.17, 15) is 9.59 Å².